The second kappa shape index (κ2) is 7.99. The van der Waals surface area contributed by atoms with Gasteiger partial charge in [0.05, 0.1) is 12.0 Å². The fourth-order valence-electron chi connectivity index (χ4n) is 3.05. The average molecular weight is 323 g/mol. The Labute approximate surface area is 140 Å². The lowest BCUT2D eigenvalue weighted by molar-refractivity contribution is -0.128. The third-order valence-corrected chi connectivity index (χ3v) is 4.75. The number of carbonyl (C=O) groups excluding carboxylic acids is 1. The van der Waals surface area contributed by atoms with Gasteiger partial charge in [-0.2, -0.15) is 0 Å². The summed E-state index contributed by atoms with van der Waals surface area (Å²) in [5, 5.41) is 9.56. The van der Waals surface area contributed by atoms with Crippen molar-refractivity contribution in [2.75, 3.05) is 33.2 Å². The summed E-state index contributed by atoms with van der Waals surface area (Å²) < 4.78 is 0. The molecule has 1 aliphatic carbocycles. The fourth-order valence-corrected chi connectivity index (χ4v) is 3.05. The van der Waals surface area contributed by atoms with Crippen LogP contribution in [0, 0.1) is 5.41 Å². The van der Waals surface area contributed by atoms with Crippen molar-refractivity contribution in [1.82, 2.24) is 20.9 Å². The first-order valence-electron chi connectivity index (χ1n) is 8.97. The van der Waals surface area contributed by atoms with Gasteiger partial charge < -0.3 is 20.9 Å². The van der Waals surface area contributed by atoms with Gasteiger partial charge in [-0.05, 0) is 46.5 Å². The number of likely N-dealkylation sites (tertiary alicyclic amines) is 1. The van der Waals surface area contributed by atoms with Crippen LogP contribution in [0.4, 0.5) is 0 Å². The number of nitrogens with zero attached hydrogens (tertiary/aromatic N) is 2. The monoisotopic (exact) mass is 323 g/mol. The zero-order valence-electron chi connectivity index (χ0n) is 15.1. The molecule has 0 aromatic rings. The van der Waals surface area contributed by atoms with Crippen LogP contribution < -0.4 is 16.0 Å². The molecule has 1 heterocycles. The average Bonchev–Trinajstić information content (AvgIpc) is 3.37. The molecule has 0 aromatic heterocycles. The minimum Gasteiger partial charge on any atom is -0.359 e. The molecule has 1 amide bonds. The van der Waals surface area contributed by atoms with E-state index in [1.54, 1.807) is 7.05 Å². The summed E-state index contributed by atoms with van der Waals surface area (Å²) in [6, 6.07) is 1.34. The van der Waals surface area contributed by atoms with E-state index in [2.05, 4.69) is 32.8 Å². The Kier molecular flexibility index (Phi) is 6.27. The molecule has 2 aliphatic rings. The second-order valence-corrected chi connectivity index (χ2v) is 7.34. The Bertz CT molecular complexity index is 423. The third-order valence-electron chi connectivity index (χ3n) is 4.75. The molecule has 132 valence electrons. The number of hydrogen-bond donors (Lipinski definition) is 3. The molecule has 2 rings (SSSR count). The number of hydrogen-bond acceptors (Lipinski definition) is 3. The lowest BCUT2D eigenvalue weighted by Gasteiger charge is -2.33. The van der Waals surface area contributed by atoms with E-state index < -0.39 is 5.41 Å². The SMILES string of the molecule is CCNC(=NCC(C)(C)C(=O)NC)NC1CCN(C2CC2)CC1. The normalized spacial score (nSPS) is 21.1. The van der Waals surface area contributed by atoms with E-state index in [4.69, 9.17) is 0 Å². The van der Waals surface area contributed by atoms with Crippen LogP contribution in [-0.4, -0.2) is 62.1 Å². The Morgan fingerprint density at radius 1 is 1.22 bits per heavy atom. The summed E-state index contributed by atoms with van der Waals surface area (Å²) in [6.07, 6.45) is 5.10. The van der Waals surface area contributed by atoms with Crippen LogP contribution >= 0.6 is 0 Å². The van der Waals surface area contributed by atoms with Gasteiger partial charge in [0.1, 0.15) is 0 Å². The van der Waals surface area contributed by atoms with Crippen molar-refractivity contribution in [3.63, 3.8) is 0 Å². The van der Waals surface area contributed by atoms with Gasteiger partial charge in [-0.3, -0.25) is 9.79 Å². The second-order valence-electron chi connectivity index (χ2n) is 7.34. The van der Waals surface area contributed by atoms with E-state index in [0.717, 1.165) is 18.5 Å². The van der Waals surface area contributed by atoms with Gasteiger partial charge in [0.2, 0.25) is 5.91 Å². The van der Waals surface area contributed by atoms with Gasteiger partial charge >= 0.3 is 0 Å². The van der Waals surface area contributed by atoms with Gasteiger partial charge in [-0.1, -0.05) is 0 Å². The number of nitrogens with one attached hydrogen (secondary N) is 3. The van der Waals surface area contributed by atoms with Crippen LogP contribution in [-0.2, 0) is 4.79 Å². The summed E-state index contributed by atoms with van der Waals surface area (Å²) in [6.45, 7) is 9.59. The third kappa shape index (κ3) is 5.37. The highest BCUT2D eigenvalue weighted by atomic mass is 16.2. The van der Waals surface area contributed by atoms with Crippen LogP contribution in [0.3, 0.4) is 0 Å². The molecule has 1 aliphatic heterocycles. The quantitative estimate of drug-likeness (QED) is 0.503. The van der Waals surface area contributed by atoms with Gasteiger partial charge in [0, 0.05) is 38.8 Å². The standard InChI is InChI=1S/C17H33N5O/c1-5-19-16(20-12-17(2,3)15(23)18-4)21-13-8-10-22(11-9-13)14-6-7-14/h13-14H,5-12H2,1-4H3,(H,18,23)(H2,19,20,21). The molecule has 6 heteroatoms. The fraction of sp³-hybridized carbons (Fsp3) is 0.882. The molecule has 2 fully saturated rings. The molecule has 0 spiro atoms. The minimum atomic E-state index is -0.494. The lowest BCUT2D eigenvalue weighted by Crippen LogP contribution is -2.49. The first kappa shape index (κ1) is 18.0. The predicted octanol–water partition coefficient (Wildman–Crippen LogP) is 0.941. The van der Waals surface area contributed by atoms with Gasteiger partial charge in [-0.15, -0.1) is 0 Å². The van der Waals surface area contributed by atoms with E-state index in [0.29, 0.717) is 12.6 Å². The van der Waals surface area contributed by atoms with Crippen molar-refractivity contribution in [3.8, 4) is 0 Å². The van der Waals surface area contributed by atoms with Crippen LogP contribution in [0.25, 0.3) is 0 Å². The molecular formula is C17H33N5O. The number of amides is 1. The Morgan fingerprint density at radius 2 is 1.87 bits per heavy atom. The topological polar surface area (TPSA) is 68.8 Å². The van der Waals surface area contributed by atoms with Gasteiger partial charge in [-0.25, -0.2) is 0 Å². The molecule has 0 atom stereocenters. The molecule has 0 radical (unpaired) electrons. The van der Waals surface area contributed by atoms with Gasteiger partial charge in [0.25, 0.3) is 0 Å². The largest absolute Gasteiger partial charge is 0.359 e. The van der Waals surface area contributed by atoms with Crippen molar-refractivity contribution in [1.29, 1.82) is 0 Å². The number of aliphatic imine (C=N–C) groups is 1. The van der Waals surface area contributed by atoms with Crippen molar-refractivity contribution in [2.45, 2.75) is 58.5 Å². The summed E-state index contributed by atoms with van der Waals surface area (Å²) in [5.41, 5.74) is -0.494. The van der Waals surface area contributed by atoms with E-state index in [-0.39, 0.29) is 5.91 Å². The molecular weight excluding hydrogens is 290 g/mol. The number of piperidine rings is 1. The molecule has 23 heavy (non-hydrogen) atoms. The Hall–Kier alpha value is -1.30. The van der Waals surface area contributed by atoms with Crippen LogP contribution in [0.5, 0.6) is 0 Å². The van der Waals surface area contributed by atoms with E-state index in [9.17, 15) is 4.79 Å². The van der Waals surface area contributed by atoms with E-state index >= 15 is 0 Å². The lowest BCUT2D eigenvalue weighted by atomic mass is 9.93. The maximum atomic E-state index is 11.9. The van der Waals surface area contributed by atoms with Crippen LogP contribution in [0.1, 0.15) is 46.5 Å². The molecule has 1 saturated heterocycles. The maximum absolute atomic E-state index is 11.9. The highest BCUT2D eigenvalue weighted by Crippen LogP contribution is 2.29. The van der Waals surface area contributed by atoms with Gasteiger partial charge in [0.15, 0.2) is 5.96 Å². The first-order chi connectivity index (χ1) is 11.0. The van der Waals surface area contributed by atoms with Crippen molar-refractivity contribution in [3.05, 3.63) is 0 Å². The predicted molar refractivity (Wildman–Crippen MR) is 94.6 cm³/mol. The molecule has 1 saturated carbocycles. The zero-order chi connectivity index (χ0) is 16.9. The zero-order valence-corrected chi connectivity index (χ0v) is 15.1. The summed E-state index contributed by atoms with van der Waals surface area (Å²) in [4.78, 5) is 19.1. The minimum absolute atomic E-state index is 0.0230. The van der Waals surface area contributed by atoms with Crippen LogP contribution in [0.15, 0.2) is 4.99 Å². The summed E-state index contributed by atoms with van der Waals surface area (Å²) in [5.74, 6) is 0.851. The Morgan fingerprint density at radius 3 is 2.39 bits per heavy atom. The first-order valence-corrected chi connectivity index (χ1v) is 8.97. The maximum Gasteiger partial charge on any atom is 0.227 e. The van der Waals surface area contributed by atoms with E-state index in [1.807, 2.05) is 13.8 Å². The van der Waals surface area contributed by atoms with Crippen molar-refractivity contribution >= 4 is 11.9 Å². The van der Waals surface area contributed by atoms with Crippen molar-refractivity contribution in [2.24, 2.45) is 10.4 Å². The Balaban J connectivity index is 1.85. The highest BCUT2D eigenvalue weighted by molar-refractivity contribution is 5.83. The number of rotatable bonds is 6. The smallest absolute Gasteiger partial charge is 0.227 e. The molecule has 0 unspecified atom stereocenters. The number of guanidine groups is 1. The summed E-state index contributed by atoms with van der Waals surface area (Å²) >= 11 is 0. The summed E-state index contributed by atoms with van der Waals surface area (Å²) in [7, 11) is 1.67. The van der Waals surface area contributed by atoms with Crippen LogP contribution in [0.2, 0.25) is 0 Å². The number of carbonyl (C=O) groups is 1. The molecule has 3 N–H and O–H groups in total. The highest BCUT2D eigenvalue weighted by Gasteiger charge is 2.32. The van der Waals surface area contributed by atoms with E-state index in [1.165, 1.54) is 38.8 Å². The molecule has 6 nitrogen and oxygen atoms in total. The molecule has 0 bridgehead atoms. The molecule has 0 aromatic carbocycles. The van der Waals surface area contributed by atoms with Crippen molar-refractivity contribution < 1.29 is 4.79 Å².